The van der Waals surface area contributed by atoms with E-state index < -0.39 is 16.1 Å². The van der Waals surface area contributed by atoms with Crippen LogP contribution in [0.1, 0.15) is 38.7 Å². The molecule has 0 aromatic heterocycles. The molecule has 0 spiro atoms. The van der Waals surface area contributed by atoms with Crippen LogP contribution in [0.3, 0.4) is 0 Å². The number of hydrogen-bond donors (Lipinski definition) is 2. The summed E-state index contributed by atoms with van der Waals surface area (Å²) < 4.78 is 28.3. The number of benzene rings is 1. The number of nitrogens with one attached hydrogen (secondary N) is 2. The number of fused-ring (bicyclic) bond motifs is 1. The Morgan fingerprint density at radius 1 is 1.27 bits per heavy atom. The van der Waals surface area contributed by atoms with Crippen molar-refractivity contribution < 1.29 is 18.0 Å². The molecule has 0 unspecified atom stereocenters. The number of anilines is 1. The predicted octanol–water partition coefficient (Wildman–Crippen LogP) is 1.50. The second-order valence-corrected chi connectivity index (χ2v) is 9.09. The third-order valence-electron chi connectivity index (χ3n) is 4.73. The first kappa shape index (κ1) is 18.8. The molecule has 2 N–H and O–H groups in total. The lowest BCUT2D eigenvalue weighted by molar-refractivity contribution is -0.132. The molecule has 1 fully saturated rings. The Balaban J connectivity index is 1.81. The molecule has 7 nitrogen and oxygen atoms in total. The highest BCUT2D eigenvalue weighted by Crippen LogP contribution is 2.26. The average molecular weight is 379 g/mol. The van der Waals surface area contributed by atoms with Crippen LogP contribution in [-0.2, 0) is 26.0 Å². The maximum absolute atomic E-state index is 12.8. The molecule has 1 atom stereocenters. The SMILES string of the molecule is CC(C)C[C@@H](NS(=O)(=O)c1ccc2c(c1)CC(=O)N2)C(=O)N1CCCC1. The van der Waals surface area contributed by atoms with E-state index in [0.29, 0.717) is 30.8 Å². The van der Waals surface area contributed by atoms with E-state index in [1.807, 2.05) is 13.8 Å². The Morgan fingerprint density at radius 3 is 2.62 bits per heavy atom. The quantitative estimate of drug-likeness (QED) is 0.783. The van der Waals surface area contributed by atoms with Crippen molar-refractivity contribution in [1.82, 2.24) is 9.62 Å². The number of rotatable bonds is 6. The van der Waals surface area contributed by atoms with E-state index in [2.05, 4.69) is 10.0 Å². The highest BCUT2D eigenvalue weighted by Gasteiger charge is 2.31. The van der Waals surface area contributed by atoms with Crippen LogP contribution in [0.2, 0.25) is 0 Å². The van der Waals surface area contributed by atoms with Gasteiger partial charge in [0.05, 0.1) is 11.3 Å². The number of nitrogens with zero attached hydrogens (tertiary/aromatic N) is 1. The molecule has 0 radical (unpaired) electrons. The summed E-state index contributed by atoms with van der Waals surface area (Å²) >= 11 is 0. The van der Waals surface area contributed by atoms with Gasteiger partial charge in [-0.25, -0.2) is 8.42 Å². The van der Waals surface area contributed by atoms with E-state index in [9.17, 15) is 18.0 Å². The number of sulfonamides is 1. The number of amides is 2. The van der Waals surface area contributed by atoms with Gasteiger partial charge in [-0.2, -0.15) is 4.72 Å². The standard InChI is InChI=1S/C18H25N3O4S/c1-12(2)9-16(18(23)21-7-3-4-8-21)20-26(24,25)14-5-6-15-13(10-14)11-17(22)19-15/h5-6,10,12,16,20H,3-4,7-9,11H2,1-2H3,(H,19,22)/t16-/m1/s1. The van der Waals surface area contributed by atoms with Crippen LogP contribution in [0.4, 0.5) is 5.69 Å². The first-order valence-corrected chi connectivity index (χ1v) is 10.5. The fraction of sp³-hybridized carbons (Fsp3) is 0.556. The van der Waals surface area contributed by atoms with Gasteiger partial charge >= 0.3 is 0 Å². The number of carbonyl (C=O) groups is 2. The zero-order valence-corrected chi connectivity index (χ0v) is 15.9. The van der Waals surface area contributed by atoms with Crippen LogP contribution in [0.15, 0.2) is 23.1 Å². The van der Waals surface area contributed by atoms with Crippen molar-refractivity contribution >= 4 is 27.5 Å². The van der Waals surface area contributed by atoms with E-state index in [1.54, 1.807) is 11.0 Å². The highest BCUT2D eigenvalue weighted by molar-refractivity contribution is 7.89. The van der Waals surface area contributed by atoms with Gasteiger partial charge in [-0.1, -0.05) is 13.8 Å². The fourth-order valence-electron chi connectivity index (χ4n) is 3.46. The zero-order chi connectivity index (χ0) is 18.9. The van der Waals surface area contributed by atoms with Crippen molar-refractivity contribution in [3.05, 3.63) is 23.8 Å². The molecule has 142 valence electrons. The van der Waals surface area contributed by atoms with E-state index in [0.717, 1.165) is 12.8 Å². The molecule has 1 saturated heterocycles. The third kappa shape index (κ3) is 4.07. The summed E-state index contributed by atoms with van der Waals surface area (Å²) in [6, 6.07) is 3.78. The fourth-order valence-corrected chi connectivity index (χ4v) is 4.71. The zero-order valence-electron chi connectivity index (χ0n) is 15.1. The van der Waals surface area contributed by atoms with Gasteiger partial charge in [0.2, 0.25) is 21.8 Å². The summed E-state index contributed by atoms with van der Waals surface area (Å²) in [7, 11) is -3.86. The smallest absolute Gasteiger partial charge is 0.241 e. The van der Waals surface area contributed by atoms with Gasteiger partial charge in [0.15, 0.2) is 0 Å². The molecule has 26 heavy (non-hydrogen) atoms. The number of likely N-dealkylation sites (tertiary alicyclic amines) is 1. The number of carbonyl (C=O) groups excluding carboxylic acids is 2. The van der Waals surface area contributed by atoms with Gasteiger partial charge < -0.3 is 10.2 Å². The van der Waals surface area contributed by atoms with Crippen molar-refractivity contribution in [3.8, 4) is 0 Å². The van der Waals surface area contributed by atoms with E-state index >= 15 is 0 Å². The second kappa shape index (κ2) is 7.36. The van der Waals surface area contributed by atoms with Crippen LogP contribution in [0, 0.1) is 5.92 Å². The number of hydrogen-bond acceptors (Lipinski definition) is 4. The van der Waals surface area contributed by atoms with Gasteiger partial charge in [-0.05, 0) is 48.9 Å². The van der Waals surface area contributed by atoms with Crippen LogP contribution >= 0.6 is 0 Å². The van der Waals surface area contributed by atoms with Crippen LogP contribution in [0.5, 0.6) is 0 Å². The molecule has 2 heterocycles. The van der Waals surface area contributed by atoms with Gasteiger partial charge in [0, 0.05) is 18.8 Å². The minimum atomic E-state index is -3.86. The molecule has 0 bridgehead atoms. The molecule has 0 saturated carbocycles. The molecule has 2 amide bonds. The summed E-state index contributed by atoms with van der Waals surface area (Å²) in [5.41, 5.74) is 1.30. The Morgan fingerprint density at radius 2 is 1.96 bits per heavy atom. The lowest BCUT2D eigenvalue weighted by Gasteiger charge is -2.25. The molecule has 0 aliphatic carbocycles. The third-order valence-corrected chi connectivity index (χ3v) is 6.20. The monoisotopic (exact) mass is 379 g/mol. The summed E-state index contributed by atoms with van der Waals surface area (Å²) in [6.07, 6.45) is 2.53. The molecule has 2 aliphatic heterocycles. The van der Waals surface area contributed by atoms with Crippen molar-refractivity contribution in [1.29, 1.82) is 0 Å². The summed E-state index contributed by atoms with van der Waals surface area (Å²) in [4.78, 5) is 26.1. The van der Waals surface area contributed by atoms with Crippen LogP contribution in [0.25, 0.3) is 0 Å². The Hall–Kier alpha value is -1.93. The minimum Gasteiger partial charge on any atom is -0.341 e. The minimum absolute atomic E-state index is 0.0794. The van der Waals surface area contributed by atoms with Crippen LogP contribution < -0.4 is 10.0 Å². The maximum atomic E-state index is 12.8. The molecule has 1 aromatic carbocycles. The predicted molar refractivity (Wildman–Crippen MR) is 98.2 cm³/mol. The molecule has 3 rings (SSSR count). The van der Waals surface area contributed by atoms with E-state index in [-0.39, 0.29) is 29.0 Å². The molecule has 1 aromatic rings. The van der Waals surface area contributed by atoms with Crippen molar-refractivity contribution in [3.63, 3.8) is 0 Å². The van der Waals surface area contributed by atoms with Crippen molar-refractivity contribution in [2.75, 3.05) is 18.4 Å². The molecule has 2 aliphatic rings. The lowest BCUT2D eigenvalue weighted by Crippen LogP contribution is -2.48. The topological polar surface area (TPSA) is 95.6 Å². The van der Waals surface area contributed by atoms with Crippen LogP contribution in [-0.4, -0.2) is 44.3 Å². The largest absolute Gasteiger partial charge is 0.341 e. The summed E-state index contributed by atoms with van der Waals surface area (Å²) in [5, 5.41) is 2.68. The molecular formula is C18H25N3O4S. The highest BCUT2D eigenvalue weighted by atomic mass is 32.2. The first-order valence-electron chi connectivity index (χ1n) is 9.00. The van der Waals surface area contributed by atoms with Gasteiger partial charge in [0.25, 0.3) is 0 Å². The normalized spacial score (nSPS) is 18.1. The summed E-state index contributed by atoms with van der Waals surface area (Å²) in [5.74, 6) is -0.127. The second-order valence-electron chi connectivity index (χ2n) is 7.38. The Labute approximate surface area is 154 Å². The lowest BCUT2D eigenvalue weighted by atomic mass is 10.0. The van der Waals surface area contributed by atoms with Gasteiger partial charge in [-0.15, -0.1) is 0 Å². The maximum Gasteiger partial charge on any atom is 0.241 e. The Kier molecular flexibility index (Phi) is 5.34. The Bertz CT molecular complexity index is 814. The van der Waals surface area contributed by atoms with Crippen molar-refractivity contribution in [2.45, 2.75) is 50.5 Å². The average Bonchev–Trinajstić information content (AvgIpc) is 3.20. The molecule has 8 heteroatoms. The van der Waals surface area contributed by atoms with Gasteiger partial charge in [-0.3, -0.25) is 9.59 Å². The van der Waals surface area contributed by atoms with Gasteiger partial charge in [0.1, 0.15) is 6.04 Å². The van der Waals surface area contributed by atoms with E-state index in [1.165, 1.54) is 12.1 Å². The van der Waals surface area contributed by atoms with E-state index in [4.69, 9.17) is 0 Å². The molecular weight excluding hydrogens is 354 g/mol. The first-order chi connectivity index (χ1) is 12.3. The summed E-state index contributed by atoms with van der Waals surface area (Å²) in [6.45, 7) is 5.29. The van der Waals surface area contributed by atoms with Crippen molar-refractivity contribution in [2.24, 2.45) is 5.92 Å².